The number of carbonyl (C=O) groups is 2. The Morgan fingerprint density at radius 2 is 2.00 bits per heavy atom. The summed E-state index contributed by atoms with van der Waals surface area (Å²) in [6, 6.07) is 9.04. The van der Waals surface area contributed by atoms with E-state index in [1.54, 1.807) is 41.4 Å². The fraction of sp³-hybridized carbons (Fsp3) is 0.261. The Morgan fingerprint density at radius 1 is 1.20 bits per heavy atom. The number of carbonyl (C=O) groups excluding carboxylic acids is 2. The summed E-state index contributed by atoms with van der Waals surface area (Å²) in [4.78, 5) is 34.7. The first kappa shape index (κ1) is 27.0. The highest BCUT2D eigenvalue weighted by atomic mass is 35.5. The number of nitrogens with one attached hydrogen (secondary N) is 1. The summed E-state index contributed by atoms with van der Waals surface area (Å²) < 4.78 is 18.6. The summed E-state index contributed by atoms with van der Waals surface area (Å²) >= 11 is 13.3. The van der Waals surface area contributed by atoms with E-state index >= 15 is 0 Å². The highest BCUT2D eigenvalue weighted by molar-refractivity contribution is 7.10. The Balaban J connectivity index is 0.00000342. The number of amides is 2. The molecule has 186 valence electrons. The lowest BCUT2D eigenvalue weighted by atomic mass is 10.1. The van der Waals surface area contributed by atoms with Gasteiger partial charge >= 0.3 is 0 Å². The first-order valence-electron chi connectivity index (χ1n) is 10.4. The summed E-state index contributed by atoms with van der Waals surface area (Å²) in [6.45, 7) is 1.07. The van der Waals surface area contributed by atoms with E-state index in [4.69, 9.17) is 27.9 Å². The van der Waals surface area contributed by atoms with Gasteiger partial charge in [-0.05, 0) is 36.4 Å². The number of rotatable bonds is 6. The fourth-order valence-corrected chi connectivity index (χ4v) is 4.75. The quantitative estimate of drug-likeness (QED) is 0.475. The van der Waals surface area contributed by atoms with Crippen LogP contribution in [0.5, 0.6) is 5.75 Å². The number of hydrogen-bond acceptors (Lipinski definition) is 6. The molecule has 1 aromatic carbocycles. The van der Waals surface area contributed by atoms with Gasteiger partial charge in [0.2, 0.25) is 5.91 Å². The first-order valence-corrected chi connectivity index (χ1v) is 12.0. The molecule has 0 spiro atoms. The van der Waals surface area contributed by atoms with Crippen molar-refractivity contribution in [1.82, 2.24) is 15.2 Å². The van der Waals surface area contributed by atoms with Gasteiger partial charge in [0.15, 0.2) is 5.13 Å². The molecule has 1 N–H and O–H groups in total. The van der Waals surface area contributed by atoms with Crippen molar-refractivity contribution in [1.29, 1.82) is 0 Å². The van der Waals surface area contributed by atoms with E-state index in [9.17, 15) is 14.0 Å². The minimum absolute atomic E-state index is 0. The van der Waals surface area contributed by atoms with Crippen LogP contribution in [0.2, 0.25) is 10.0 Å². The van der Waals surface area contributed by atoms with Crippen LogP contribution in [0, 0.1) is 5.13 Å². The summed E-state index contributed by atoms with van der Waals surface area (Å²) in [7, 11) is 1.48. The minimum Gasteiger partial charge on any atom is -0.496 e. The van der Waals surface area contributed by atoms with Gasteiger partial charge in [-0.1, -0.05) is 23.2 Å². The van der Waals surface area contributed by atoms with Gasteiger partial charge in [-0.2, -0.15) is 4.39 Å². The van der Waals surface area contributed by atoms with Gasteiger partial charge < -0.3 is 19.9 Å². The Labute approximate surface area is 222 Å². The number of halogens is 4. The van der Waals surface area contributed by atoms with Crippen LogP contribution in [0.3, 0.4) is 0 Å². The molecule has 0 aliphatic carbocycles. The highest BCUT2D eigenvalue weighted by Gasteiger charge is 2.35. The van der Waals surface area contributed by atoms with E-state index in [0.717, 1.165) is 11.3 Å². The monoisotopic (exact) mass is 558 g/mol. The van der Waals surface area contributed by atoms with Crippen LogP contribution in [0.4, 0.5) is 10.1 Å². The lowest BCUT2D eigenvalue weighted by molar-refractivity contribution is -0.123. The molecule has 1 saturated heterocycles. The molecule has 0 unspecified atom stereocenters. The first-order chi connectivity index (χ1) is 16.4. The van der Waals surface area contributed by atoms with Crippen molar-refractivity contribution in [3.8, 4) is 5.75 Å². The van der Waals surface area contributed by atoms with Gasteiger partial charge in [-0.15, -0.1) is 23.7 Å². The van der Waals surface area contributed by atoms with E-state index in [0.29, 0.717) is 45.0 Å². The average molecular weight is 560 g/mol. The lowest BCUT2D eigenvalue weighted by Gasteiger charge is -2.42. The molecule has 12 heteroatoms. The molecule has 4 rings (SSSR count). The van der Waals surface area contributed by atoms with Gasteiger partial charge in [-0.3, -0.25) is 14.6 Å². The zero-order valence-electron chi connectivity index (χ0n) is 18.5. The van der Waals surface area contributed by atoms with Crippen LogP contribution in [0.15, 0.2) is 48.8 Å². The summed E-state index contributed by atoms with van der Waals surface area (Å²) in [5.74, 6) is -0.167. The van der Waals surface area contributed by atoms with Crippen molar-refractivity contribution in [3.63, 3.8) is 0 Å². The predicted molar refractivity (Wildman–Crippen MR) is 138 cm³/mol. The molecule has 3 heterocycles. The number of benzene rings is 1. The molecule has 1 aliphatic rings. The SMILES string of the molecule is COc1ccncc1C(=O)N1CCN(c2ccc(Cl)c(Cl)c2)[C@H](C(=O)NCc2ccc(F)s2)C1.Cl. The van der Waals surface area contributed by atoms with Gasteiger partial charge in [0.05, 0.1) is 35.8 Å². The van der Waals surface area contributed by atoms with Crippen molar-refractivity contribution in [2.45, 2.75) is 12.6 Å². The van der Waals surface area contributed by atoms with E-state index < -0.39 is 6.04 Å². The van der Waals surface area contributed by atoms with Crippen molar-refractivity contribution < 1.29 is 18.7 Å². The molecule has 0 radical (unpaired) electrons. The molecule has 2 amide bonds. The van der Waals surface area contributed by atoms with Gasteiger partial charge in [0.1, 0.15) is 11.8 Å². The smallest absolute Gasteiger partial charge is 0.259 e. The van der Waals surface area contributed by atoms with Crippen molar-refractivity contribution in [2.75, 3.05) is 31.6 Å². The van der Waals surface area contributed by atoms with Crippen molar-refractivity contribution >= 4 is 64.4 Å². The summed E-state index contributed by atoms with van der Waals surface area (Å²) in [5.41, 5.74) is 1.03. The van der Waals surface area contributed by atoms with Crippen molar-refractivity contribution in [3.05, 3.63) is 74.4 Å². The number of piperazine rings is 1. The van der Waals surface area contributed by atoms with Crippen LogP contribution in [0.25, 0.3) is 0 Å². The third-order valence-electron chi connectivity index (χ3n) is 5.50. The fourth-order valence-electron chi connectivity index (χ4n) is 3.79. The number of nitrogens with zero attached hydrogens (tertiary/aromatic N) is 3. The second-order valence-electron chi connectivity index (χ2n) is 7.56. The topological polar surface area (TPSA) is 74.8 Å². The molecular weight excluding hydrogens is 538 g/mol. The normalized spacial score (nSPS) is 15.4. The summed E-state index contributed by atoms with van der Waals surface area (Å²) in [6.07, 6.45) is 2.99. The Morgan fingerprint density at radius 3 is 2.69 bits per heavy atom. The average Bonchev–Trinajstić information content (AvgIpc) is 3.28. The molecule has 1 atom stereocenters. The third kappa shape index (κ3) is 6.16. The molecule has 1 fully saturated rings. The second kappa shape index (κ2) is 11.9. The van der Waals surface area contributed by atoms with Gasteiger partial charge in [-0.25, -0.2) is 0 Å². The zero-order valence-corrected chi connectivity index (χ0v) is 21.7. The minimum atomic E-state index is -0.706. The Bertz CT molecular complexity index is 1210. The largest absolute Gasteiger partial charge is 0.496 e. The Hall–Kier alpha value is -2.59. The maximum absolute atomic E-state index is 13.3. The number of anilines is 1. The molecule has 0 saturated carbocycles. The number of methoxy groups -OCH3 is 1. The lowest BCUT2D eigenvalue weighted by Crippen LogP contribution is -2.60. The number of thiophene rings is 1. The van der Waals surface area contributed by atoms with Crippen LogP contribution >= 0.6 is 46.9 Å². The molecule has 7 nitrogen and oxygen atoms in total. The van der Waals surface area contributed by atoms with Crippen LogP contribution < -0.4 is 15.0 Å². The molecular formula is C23H22Cl3FN4O3S. The number of ether oxygens (including phenoxy) is 1. The number of hydrogen-bond donors (Lipinski definition) is 1. The zero-order chi connectivity index (χ0) is 24.2. The van der Waals surface area contributed by atoms with E-state index in [1.807, 2.05) is 4.90 Å². The maximum atomic E-state index is 13.3. The highest BCUT2D eigenvalue weighted by Crippen LogP contribution is 2.30. The predicted octanol–water partition coefficient (Wildman–Crippen LogP) is 4.67. The van der Waals surface area contributed by atoms with Crippen molar-refractivity contribution in [2.24, 2.45) is 0 Å². The molecule has 2 aromatic heterocycles. The number of aromatic nitrogens is 1. The molecule has 0 bridgehead atoms. The van der Waals surface area contributed by atoms with Crippen LogP contribution in [-0.4, -0.2) is 54.5 Å². The molecule has 3 aromatic rings. The molecule has 1 aliphatic heterocycles. The van der Waals surface area contributed by atoms with E-state index in [-0.39, 0.29) is 42.4 Å². The Kier molecular flexibility index (Phi) is 9.18. The third-order valence-corrected chi connectivity index (χ3v) is 7.11. The molecule has 35 heavy (non-hydrogen) atoms. The standard InChI is InChI=1S/C23H21Cl2FN4O3S.ClH/c1-33-20-6-7-27-12-16(20)23(32)29-8-9-30(14-2-4-17(24)18(25)10-14)19(13-29)22(31)28-11-15-3-5-21(26)34-15;/h2-7,10,12,19H,8-9,11,13H2,1H3,(H,28,31);1H/t19-;/m0./s1. The van der Waals surface area contributed by atoms with E-state index in [1.165, 1.54) is 19.4 Å². The van der Waals surface area contributed by atoms with Gasteiger partial charge in [0.25, 0.3) is 5.91 Å². The number of pyridine rings is 1. The summed E-state index contributed by atoms with van der Waals surface area (Å²) in [5, 5.41) is 3.31. The van der Waals surface area contributed by atoms with Crippen LogP contribution in [-0.2, 0) is 11.3 Å². The van der Waals surface area contributed by atoms with Gasteiger partial charge in [0, 0.05) is 36.0 Å². The van der Waals surface area contributed by atoms with Crippen LogP contribution in [0.1, 0.15) is 15.2 Å². The second-order valence-corrected chi connectivity index (χ2v) is 9.49. The van der Waals surface area contributed by atoms with E-state index in [2.05, 4.69) is 10.3 Å². The maximum Gasteiger partial charge on any atom is 0.259 e.